The van der Waals surface area contributed by atoms with Crippen molar-refractivity contribution in [3.8, 4) is 0 Å². The first-order chi connectivity index (χ1) is 7.42. The van der Waals surface area contributed by atoms with Gasteiger partial charge in [0.2, 0.25) is 0 Å². The fraction of sp³-hybridized carbons (Fsp3) is 1.00. The van der Waals surface area contributed by atoms with Crippen LogP contribution < -0.4 is 0 Å². The summed E-state index contributed by atoms with van der Waals surface area (Å²) < 4.78 is 27.4. The maximum absolute atomic E-state index is 12.2. The van der Waals surface area contributed by atoms with Crippen LogP contribution in [-0.4, -0.2) is 53.9 Å². The summed E-state index contributed by atoms with van der Waals surface area (Å²) >= 11 is 0. The van der Waals surface area contributed by atoms with Crippen molar-refractivity contribution in [1.82, 2.24) is 8.61 Å². The summed E-state index contributed by atoms with van der Waals surface area (Å²) in [5, 5.41) is 9.79. The lowest BCUT2D eigenvalue weighted by Gasteiger charge is -2.36. The second-order valence-corrected chi connectivity index (χ2v) is 6.94. The van der Waals surface area contributed by atoms with Crippen molar-refractivity contribution in [2.45, 2.75) is 38.2 Å². The molecule has 16 heavy (non-hydrogen) atoms. The van der Waals surface area contributed by atoms with Gasteiger partial charge in [-0.05, 0) is 32.6 Å². The highest BCUT2D eigenvalue weighted by Gasteiger charge is 2.37. The van der Waals surface area contributed by atoms with Crippen LogP contribution in [-0.2, 0) is 10.2 Å². The van der Waals surface area contributed by atoms with E-state index in [2.05, 4.69) is 0 Å². The number of nitrogens with zero attached hydrogens (tertiary/aromatic N) is 2. The summed E-state index contributed by atoms with van der Waals surface area (Å²) in [7, 11) is -3.26. The molecule has 0 aromatic carbocycles. The van der Waals surface area contributed by atoms with Gasteiger partial charge in [0.05, 0.1) is 5.60 Å². The van der Waals surface area contributed by atoms with Gasteiger partial charge in [0, 0.05) is 26.2 Å². The van der Waals surface area contributed by atoms with Crippen molar-refractivity contribution in [2.24, 2.45) is 0 Å². The van der Waals surface area contributed by atoms with Gasteiger partial charge < -0.3 is 5.11 Å². The zero-order valence-electron chi connectivity index (χ0n) is 9.72. The molecule has 2 fully saturated rings. The fourth-order valence-corrected chi connectivity index (χ4v) is 3.97. The van der Waals surface area contributed by atoms with Crippen molar-refractivity contribution >= 4 is 10.2 Å². The predicted molar refractivity (Wildman–Crippen MR) is 61.2 cm³/mol. The smallest absolute Gasteiger partial charge is 0.281 e. The third-order valence-corrected chi connectivity index (χ3v) is 5.55. The quantitative estimate of drug-likeness (QED) is 0.758. The lowest BCUT2D eigenvalue weighted by Crippen LogP contribution is -2.49. The van der Waals surface area contributed by atoms with Gasteiger partial charge >= 0.3 is 0 Å². The molecule has 94 valence electrons. The number of piperidine rings is 1. The van der Waals surface area contributed by atoms with E-state index in [1.807, 2.05) is 0 Å². The minimum atomic E-state index is -3.26. The summed E-state index contributed by atoms with van der Waals surface area (Å²) in [6.45, 7) is 3.94. The Balaban J connectivity index is 2.02. The van der Waals surface area contributed by atoms with E-state index in [0.717, 1.165) is 12.8 Å². The molecule has 2 aliphatic rings. The second-order valence-electron chi connectivity index (χ2n) is 5.01. The lowest BCUT2D eigenvalue weighted by atomic mass is 9.95. The van der Waals surface area contributed by atoms with E-state index in [1.54, 1.807) is 11.2 Å². The molecule has 0 atom stereocenters. The number of rotatable bonds is 2. The SMILES string of the molecule is CC1(O)CCN(S(=O)(=O)N2CCCC2)CC1. The minimum absolute atomic E-state index is 0.436. The number of aliphatic hydroxyl groups is 1. The van der Waals surface area contributed by atoms with E-state index in [-0.39, 0.29) is 0 Å². The highest BCUT2D eigenvalue weighted by atomic mass is 32.2. The van der Waals surface area contributed by atoms with E-state index >= 15 is 0 Å². The summed E-state index contributed by atoms with van der Waals surface area (Å²) in [6.07, 6.45) is 2.98. The third kappa shape index (κ3) is 2.40. The highest BCUT2D eigenvalue weighted by molar-refractivity contribution is 7.86. The van der Waals surface area contributed by atoms with E-state index in [1.165, 1.54) is 4.31 Å². The molecule has 2 aliphatic heterocycles. The Kier molecular flexibility index (Phi) is 3.27. The Labute approximate surface area is 97.2 Å². The highest BCUT2D eigenvalue weighted by Crippen LogP contribution is 2.25. The molecule has 1 N–H and O–H groups in total. The molecule has 0 radical (unpaired) electrons. The Hall–Kier alpha value is -0.170. The van der Waals surface area contributed by atoms with Crippen LogP contribution in [0.2, 0.25) is 0 Å². The molecule has 0 spiro atoms. The average Bonchev–Trinajstić information content (AvgIpc) is 2.70. The predicted octanol–water partition coefficient (Wildman–Crippen LogP) is 0.174. The van der Waals surface area contributed by atoms with Crippen LogP contribution in [0.1, 0.15) is 32.6 Å². The van der Waals surface area contributed by atoms with Gasteiger partial charge in [-0.25, -0.2) is 0 Å². The van der Waals surface area contributed by atoms with Gasteiger partial charge in [-0.2, -0.15) is 17.0 Å². The van der Waals surface area contributed by atoms with Gasteiger partial charge in [0.25, 0.3) is 10.2 Å². The first kappa shape index (κ1) is 12.3. The van der Waals surface area contributed by atoms with Crippen molar-refractivity contribution in [1.29, 1.82) is 0 Å². The van der Waals surface area contributed by atoms with Crippen molar-refractivity contribution in [3.05, 3.63) is 0 Å². The van der Waals surface area contributed by atoms with Crippen LogP contribution in [0.3, 0.4) is 0 Å². The molecule has 0 saturated carbocycles. The maximum Gasteiger partial charge on any atom is 0.281 e. The summed E-state index contributed by atoms with van der Waals surface area (Å²) in [4.78, 5) is 0. The molecular formula is C10H20N2O3S. The van der Waals surface area contributed by atoms with Gasteiger partial charge in [-0.1, -0.05) is 0 Å². The van der Waals surface area contributed by atoms with Crippen LogP contribution >= 0.6 is 0 Å². The van der Waals surface area contributed by atoms with E-state index < -0.39 is 15.8 Å². The Morgan fingerprint density at radius 1 is 1.00 bits per heavy atom. The topological polar surface area (TPSA) is 60.9 Å². The van der Waals surface area contributed by atoms with Gasteiger partial charge in [0.15, 0.2) is 0 Å². The molecule has 0 aromatic rings. The van der Waals surface area contributed by atoms with Gasteiger partial charge in [0.1, 0.15) is 0 Å². The zero-order valence-corrected chi connectivity index (χ0v) is 10.5. The van der Waals surface area contributed by atoms with Crippen molar-refractivity contribution < 1.29 is 13.5 Å². The first-order valence-electron chi connectivity index (χ1n) is 5.89. The third-order valence-electron chi connectivity index (χ3n) is 3.52. The molecule has 2 heterocycles. The molecule has 5 nitrogen and oxygen atoms in total. The molecule has 0 amide bonds. The molecule has 0 aromatic heterocycles. The summed E-state index contributed by atoms with van der Waals surface area (Å²) in [5.74, 6) is 0. The molecule has 0 unspecified atom stereocenters. The molecule has 2 rings (SSSR count). The van der Waals surface area contributed by atoms with Crippen LogP contribution in [0.4, 0.5) is 0 Å². The Morgan fingerprint density at radius 2 is 1.44 bits per heavy atom. The molecule has 2 saturated heterocycles. The van der Waals surface area contributed by atoms with Crippen LogP contribution in [0, 0.1) is 0 Å². The fourth-order valence-electron chi connectivity index (χ4n) is 2.28. The van der Waals surface area contributed by atoms with Crippen LogP contribution in [0.5, 0.6) is 0 Å². The second kappa shape index (κ2) is 4.25. The largest absolute Gasteiger partial charge is 0.390 e. The zero-order chi connectivity index (χ0) is 11.8. The first-order valence-corrected chi connectivity index (χ1v) is 7.29. The minimum Gasteiger partial charge on any atom is -0.390 e. The molecule has 0 aliphatic carbocycles. The van der Waals surface area contributed by atoms with E-state index in [0.29, 0.717) is 39.0 Å². The van der Waals surface area contributed by atoms with Gasteiger partial charge in [-0.3, -0.25) is 0 Å². The monoisotopic (exact) mass is 248 g/mol. The molecule has 0 bridgehead atoms. The standard InChI is InChI=1S/C10H20N2O3S/c1-10(13)4-8-12(9-5-10)16(14,15)11-6-2-3-7-11/h13H,2-9H2,1H3. The van der Waals surface area contributed by atoms with Gasteiger partial charge in [-0.15, -0.1) is 0 Å². The van der Waals surface area contributed by atoms with Crippen molar-refractivity contribution in [2.75, 3.05) is 26.2 Å². The average molecular weight is 248 g/mol. The van der Waals surface area contributed by atoms with Crippen LogP contribution in [0.15, 0.2) is 0 Å². The molecule has 6 heteroatoms. The Bertz CT molecular complexity index is 337. The lowest BCUT2D eigenvalue weighted by molar-refractivity contribution is 0.0116. The maximum atomic E-state index is 12.2. The summed E-state index contributed by atoms with van der Waals surface area (Å²) in [5.41, 5.74) is -0.697. The van der Waals surface area contributed by atoms with E-state index in [4.69, 9.17) is 0 Å². The normalized spacial score (nSPS) is 28.4. The van der Waals surface area contributed by atoms with Crippen LogP contribution in [0.25, 0.3) is 0 Å². The number of hydrogen-bond acceptors (Lipinski definition) is 3. The number of hydrogen-bond donors (Lipinski definition) is 1. The van der Waals surface area contributed by atoms with Crippen molar-refractivity contribution in [3.63, 3.8) is 0 Å². The van der Waals surface area contributed by atoms with E-state index in [9.17, 15) is 13.5 Å². The summed E-state index contributed by atoms with van der Waals surface area (Å²) in [6, 6.07) is 0. The Morgan fingerprint density at radius 3 is 1.94 bits per heavy atom. The molecular weight excluding hydrogens is 228 g/mol.